The van der Waals surface area contributed by atoms with Crippen molar-refractivity contribution >= 4 is 23.8 Å². The number of amides is 5. The van der Waals surface area contributed by atoms with Crippen LogP contribution in [0.1, 0.15) is 58.3 Å². The van der Waals surface area contributed by atoms with Crippen LogP contribution in [0.15, 0.2) is 0 Å². The lowest BCUT2D eigenvalue weighted by Gasteiger charge is -2.33. The van der Waals surface area contributed by atoms with E-state index in [1.165, 1.54) is 0 Å². The van der Waals surface area contributed by atoms with Gasteiger partial charge >= 0.3 is 6.03 Å². The first kappa shape index (κ1) is 19.6. The van der Waals surface area contributed by atoms with Crippen molar-refractivity contribution in [3.63, 3.8) is 0 Å². The number of imide groups is 1. The van der Waals surface area contributed by atoms with Gasteiger partial charge in [-0.2, -0.15) is 0 Å². The van der Waals surface area contributed by atoms with Crippen molar-refractivity contribution in [2.45, 2.75) is 63.8 Å². The van der Waals surface area contributed by atoms with Gasteiger partial charge in [0.2, 0.25) is 11.8 Å². The SMILES string of the molecule is CC1CCC2(CC1)NC(=O)N(CC(=O)NCCC(=O)N1CCCCC1)C2=O. The lowest BCUT2D eigenvalue weighted by molar-refractivity contribution is -0.136. The van der Waals surface area contributed by atoms with E-state index in [1.54, 1.807) is 0 Å². The average molecular weight is 378 g/mol. The normalized spacial score (nSPS) is 28.4. The van der Waals surface area contributed by atoms with Crippen LogP contribution in [0.4, 0.5) is 4.79 Å². The molecule has 3 fully saturated rings. The summed E-state index contributed by atoms with van der Waals surface area (Å²) in [4.78, 5) is 52.1. The van der Waals surface area contributed by atoms with E-state index in [4.69, 9.17) is 0 Å². The van der Waals surface area contributed by atoms with Gasteiger partial charge < -0.3 is 15.5 Å². The molecule has 2 N–H and O–H groups in total. The fourth-order valence-corrected chi connectivity index (χ4v) is 4.22. The molecule has 0 bridgehead atoms. The van der Waals surface area contributed by atoms with Gasteiger partial charge in [-0.05, 0) is 50.9 Å². The molecular formula is C19H30N4O4. The molecule has 0 atom stereocenters. The second-order valence-corrected chi connectivity index (χ2v) is 8.13. The van der Waals surface area contributed by atoms with Gasteiger partial charge in [0.25, 0.3) is 5.91 Å². The van der Waals surface area contributed by atoms with Crippen LogP contribution in [0.25, 0.3) is 0 Å². The van der Waals surface area contributed by atoms with Gasteiger partial charge in [-0.3, -0.25) is 19.3 Å². The van der Waals surface area contributed by atoms with E-state index in [0.29, 0.717) is 18.8 Å². The molecule has 8 nitrogen and oxygen atoms in total. The fourth-order valence-electron chi connectivity index (χ4n) is 4.22. The first-order valence-electron chi connectivity index (χ1n) is 10.1. The number of nitrogens with zero attached hydrogens (tertiary/aromatic N) is 2. The average Bonchev–Trinajstić information content (AvgIpc) is 2.89. The van der Waals surface area contributed by atoms with Crippen LogP contribution in [0.2, 0.25) is 0 Å². The lowest BCUT2D eigenvalue weighted by Crippen LogP contribution is -2.50. The van der Waals surface area contributed by atoms with Crippen LogP contribution >= 0.6 is 0 Å². The first-order valence-corrected chi connectivity index (χ1v) is 10.1. The predicted octanol–water partition coefficient (Wildman–Crippen LogP) is 1.01. The summed E-state index contributed by atoms with van der Waals surface area (Å²) >= 11 is 0. The van der Waals surface area contributed by atoms with Crippen LogP contribution in [-0.4, -0.2) is 65.3 Å². The van der Waals surface area contributed by atoms with Crippen molar-refractivity contribution in [3.8, 4) is 0 Å². The highest BCUT2D eigenvalue weighted by atomic mass is 16.2. The van der Waals surface area contributed by atoms with Crippen LogP contribution in [0, 0.1) is 5.92 Å². The third kappa shape index (κ3) is 4.42. The number of carbonyl (C=O) groups is 4. The zero-order valence-corrected chi connectivity index (χ0v) is 16.1. The van der Waals surface area contributed by atoms with E-state index in [0.717, 1.165) is 50.1 Å². The molecule has 0 radical (unpaired) electrons. The Labute approximate surface area is 160 Å². The number of hydrogen-bond acceptors (Lipinski definition) is 4. The molecule has 1 aliphatic carbocycles. The summed E-state index contributed by atoms with van der Waals surface area (Å²) in [7, 11) is 0. The highest BCUT2D eigenvalue weighted by Crippen LogP contribution is 2.36. The minimum atomic E-state index is -0.825. The quantitative estimate of drug-likeness (QED) is 0.698. The van der Waals surface area contributed by atoms with Gasteiger partial charge in [0.1, 0.15) is 12.1 Å². The summed E-state index contributed by atoms with van der Waals surface area (Å²) in [5.74, 6) is -0.111. The van der Waals surface area contributed by atoms with E-state index in [9.17, 15) is 19.2 Å². The molecule has 2 heterocycles. The van der Waals surface area contributed by atoms with Crippen molar-refractivity contribution in [3.05, 3.63) is 0 Å². The molecule has 8 heteroatoms. The van der Waals surface area contributed by atoms with Crippen molar-refractivity contribution in [1.82, 2.24) is 20.4 Å². The van der Waals surface area contributed by atoms with Gasteiger partial charge in [0.05, 0.1) is 0 Å². The Balaban J connectivity index is 1.44. The monoisotopic (exact) mass is 378 g/mol. The Kier molecular flexibility index (Phi) is 6.01. The van der Waals surface area contributed by atoms with Crippen molar-refractivity contribution in [2.24, 2.45) is 5.92 Å². The zero-order chi connectivity index (χ0) is 19.4. The highest BCUT2D eigenvalue weighted by Gasteiger charge is 2.52. The fraction of sp³-hybridized carbons (Fsp3) is 0.789. The Morgan fingerprint density at radius 1 is 1.15 bits per heavy atom. The maximum absolute atomic E-state index is 12.7. The zero-order valence-electron chi connectivity index (χ0n) is 16.1. The van der Waals surface area contributed by atoms with Gasteiger partial charge in [-0.1, -0.05) is 6.92 Å². The molecule has 5 amide bonds. The molecule has 1 saturated carbocycles. The number of carbonyl (C=O) groups excluding carboxylic acids is 4. The summed E-state index contributed by atoms with van der Waals surface area (Å²) in [6, 6.07) is -0.492. The third-order valence-electron chi connectivity index (χ3n) is 6.05. The molecule has 0 aromatic rings. The molecule has 0 aromatic heterocycles. The summed E-state index contributed by atoms with van der Waals surface area (Å²) in [6.07, 6.45) is 6.51. The molecule has 0 aromatic carbocycles. The highest BCUT2D eigenvalue weighted by molar-refractivity contribution is 6.09. The first-order chi connectivity index (χ1) is 12.9. The summed E-state index contributed by atoms with van der Waals surface area (Å²) in [5.41, 5.74) is -0.825. The smallest absolute Gasteiger partial charge is 0.325 e. The van der Waals surface area contributed by atoms with Crippen LogP contribution in [-0.2, 0) is 14.4 Å². The number of likely N-dealkylation sites (tertiary alicyclic amines) is 1. The molecule has 1 spiro atoms. The van der Waals surface area contributed by atoms with Crippen LogP contribution in [0.5, 0.6) is 0 Å². The Morgan fingerprint density at radius 3 is 2.48 bits per heavy atom. The maximum atomic E-state index is 12.7. The summed E-state index contributed by atoms with van der Waals surface area (Å²) in [6.45, 7) is 3.65. The molecule has 3 aliphatic rings. The summed E-state index contributed by atoms with van der Waals surface area (Å²) in [5, 5.41) is 5.47. The number of nitrogens with one attached hydrogen (secondary N) is 2. The second-order valence-electron chi connectivity index (χ2n) is 8.13. The number of piperidine rings is 1. The van der Waals surface area contributed by atoms with Gasteiger partial charge in [-0.15, -0.1) is 0 Å². The minimum Gasteiger partial charge on any atom is -0.354 e. The standard InChI is InChI=1S/C19H30N4O4/c1-14-5-8-19(9-6-14)17(26)23(18(27)21-19)13-15(24)20-10-7-16(25)22-11-3-2-4-12-22/h14H,2-13H2,1H3,(H,20,24)(H,21,27). The molecule has 3 rings (SSSR count). The Morgan fingerprint density at radius 2 is 1.81 bits per heavy atom. The van der Waals surface area contributed by atoms with Crippen molar-refractivity contribution in [1.29, 1.82) is 0 Å². The summed E-state index contributed by atoms with van der Waals surface area (Å²) < 4.78 is 0. The van der Waals surface area contributed by atoms with E-state index in [-0.39, 0.29) is 31.3 Å². The number of hydrogen-bond donors (Lipinski definition) is 2. The largest absolute Gasteiger partial charge is 0.354 e. The maximum Gasteiger partial charge on any atom is 0.325 e. The number of urea groups is 1. The minimum absolute atomic E-state index is 0.0419. The van der Waals surface area contributed by atoms with E-state index < -0.39 is 17.5 Å². The van der Waals surface area contributed by atoms with E-state index in [1.807, 2.05) is 4.90 Å². The van der Waals surface area contributed by atoms with Crippen molar-refractivity contribution in [2.75, 3.05) is 26.2 Å². The predicted molar refractivity (Wildman–Crippen MR) is 98.7 cm³/mol. The molecular weight excluding hydrogens is 348 g/mol. The van der Waals surface area contributed by atoms with E-state index in [2.05, 4.69) is 17.6 Å². The Hall–Kier alpha value is -2.12. The van der Waals surface area contributed by atoms with Crippen molar-refractivity contribution < 1.29 is 19.2 Å². The van der Waals surface area contributed by atoms with E-state index >= 15 is 0 Å². The van der Waals surface area contributed by atoms with Crippen LogP contribution in [0.3, 0.4) is 0 Å². The lowest BCUT2D eigenvalue weighted by atomic mass is 9.77. The molecule has 2 saturated heterocycles. The number of rotatable bonds is 5. The molecule has 0 unspecified atom stereocenters. The topological polar surface area (TPSA) is 98.8 Å². The van der Waals surface area contributed by atoms with Gasteiger partial charge in [0, 0.05) is 26.1 Å². The molecule has 2 aliphatic heterocycles. The Bertz CT molecular complexity index is 607. The van der Waals surface area contributed by atoms with Gasteiger partial charge in [-0.25, -0.2) is 4.79 Å². The van der Waals surface area contributed by atoms with Gasteiger partial charge in [0.15, 0.2) is 0 Å². The molecule has 27 heavy (non-hydrogen) atoms. The van der Waals surface area contributed by atoms with Crippen LogP contribution < -0.4 is 10.6 Å². The third-order valence-corrected chi connectivity index (χ3v) is 6.05. The molecule has 150 valence electrons. The second kappa shape index (κ2) is 8.27.